The fraction of sp³-hybridized carbons (Fsp3) is 0.714. The Bertz CT molecular complexity index is 1030. The van der Waals surface area contributed by atoms with Crippen LogP contribution in [0.25, 0.3) is 0 Å². The number of halogens is 1. The van der Waals surface area contributed by atoms with Crippen LogP contribution in [0.1, 0.15) is 66.2 Å². The largest absolute Gasteiger partial charge is 0.481 e. The third-order valence-electron chi connectivity index (χ3n) is 10.4. The minimum Gasteiger partial charge on any atom is -0.481 e. The molecule has 0 bridgehead atoms. The molecule has 0 radical (unpaired) electrons. The molecule has 2 N–H and O–H groups in total. The van der Waals surface area contributed by atoms with E-state index in [1.165, 1.54) is 5.57 Å². The van der Waals surface area contributed by atoms with Gasteiger partial charge >= 0.3 is 11.9 Å². The summed E-state index contributed by atoms with van der Waals surface area (Å²) in [5.41, 5.74) is -2.04. The van der Waals surface area contributed by atoms with E-state index in [0.29, 0.717) is 19.1 Å². The predicted molar refractivity (Wildman–Crippen MR) is 133 cm³/mol. The van der Waals surface area contributed by atoms with E-state index in [1.807, 2.05) is 6.92 Å². The SMILES string of the molecule is CCC(=O)OCC(=O)[C@@]1(C(C=O)C(=O)O)[C@@H](C)C[C@H]2[C@@H]3CCC4=CCC=C[C@]4(C)[C@@]3(Cl)[C@@H](O)C[C@@]21C. The number of ether oxygens (including phenoxy) is 1. The van der Waals surface area contributed by atoms with Crippen LogP contribution in [0.15, 0.2) is 23.8 Å². The van der Waals surface area contributed by atoms with E-state index in [-0.39, 0.29) is 24.7 Å². The molecule has 0 saturated heterocycles. The summed E-state index contributed by atoms with van der Waals surface area (Å²) in [4.78, 5) is 49.6. The average molecular weight is 521 g/mol. The van der Waals surface area contributed by atoms with E-state index in [9.17, 15) is 29.4 Å². The van der Waals surface area contributed by atoms with Gasteiger partial charge in [0, 0.05) is 11.8 Å². The topological polar surface area (TPSA) is 118 Å². The number of carbonyl (C=O) groups is 4. The molecule has 7 nitrogen and oxygen atoms in total. The van der Waals surface area contributed by atoms with Gasteiger partial charge in [0.05, 0.1) is 16.4 Å². The molecule has 0 aliphatic heterocycles. The maximum absolute atomic E-state index is 14.0. The van der Waals surface area contributed by atoms with Crippen molar-refractivity contribution in [2.75, 3.05) is 6.61 Å². The molecule has 0 aromatic carbocycles. The number of aliphatic hydroxyl groups excluding tert-OH is 1. The van der Waals surface area contributed by atoms with Crippen LogP contribution in [0.2, 0.25) is 0 Å². The maximum atomic E-state index is 14.0. The highest BCUT2D eigenvalue weighted by Gasteiger charge is 2.76. The van der Waals surface area contributed by atoms with Crippen molar-refractivity contribution >= 4 is 35.6 Å². The summed E-state index contributed by atoms with van der Waals surface area (Å²) in [6, 6.07) is 0. The van der Waals surface area contributed by atoms with Gasteiger partial charge in [-0.05, 0) is 55.3 Å². The molecule has 3 saturated carbocycles. The number of rotatable bonds is 7. The van der Waals surface area contributed by atoms with Crippen molar-refractivity contribution < 1.29 is 34.1 Å². The summed E-state index contributed by atoms with van der Waals surface area (Å²) in [6.45, 7) is 6.71. The van der Waals surface area contributed by atoms with Gasteiger partial charge in [0.2, 0.25) is 0 Å². The van der Waals surface area contributed by atoms with Crippen molar-refractivity contribution in [2.24, 2.45) is 39.9 Å². The third kappa shape index (κ3) is 3.27. The number of alkyl halides is 1. The van der Waals surface area contributed by atoms with E-state index in [0.717, 1.165) is 12.8 Å². The van der Waals surface area contributed by atoms with Gasteiger partial charge < -0.3 is 19.7 Å². The fourth-order valence-corrected chi connectivity index (χ4v) is 9.42. The first-order valence-corrected chi connectivity index (χ1v) is 13.3. The number of fused-ring (bicyclic) bond motifs is 5. The Morgan fingerprint density at radius 3 is 2.58 bits per heavy atom. The van der Waals surface area contributed by atoms with Gasteiger partial charge in [-0.2, -0.15) is 0 Å². The van der Waals surface area contributed by atoms with E-state index in [2.05, 4.69) is 25.2 Å². The molecular formula is C28H37ClO7. The molecule has 0 amide bonds. The summed E-state index contributed by atoms with van der Waals surface area (Å²) >= 11 is 7.51. The Morgan fingerprint density at radius 2 is 1.97 bits per heavy atom. The highest BCUT2D eigenvalue weighted by atomic mass is 35.5. The monoisotopic (exact) mass is 520 g/mol. The first-order valence-electron chi connectivity index (χ1n) is 13.0. The zero-order chi connectivity index (χ0) is 26.7. The predicted octanol–water partition coefficient (Wildman–Crippen LogP) is 4.10. The number of hydrogen-bond acceptors (Lipinski definition) is 6. The minimum absolute atomic E-state index is 0.0727. The molecular weight excluding hydrogens is 484 g/mol. The van der Waals surface area contributed by atoms with Crippen molar-refractivity contribution in [3.63, 3.8) is 0 Å². The molecule has 4 rings (SSSR count). The zero-order valence-corrected chi connectivity index (χ0v) is 22.2. The van der Waals surface area contributed by atoms with Crippen molar-refractivity contribution in [1.29, 1.82) is 0 Å². The first kappa shape index (κ1) is 27.1. The van der Waals surface area contributed by atoms with Crippen molar-refractivity contribution in [1.82, 2.24) is 0 Å². The number of Topliss-reactive ketones (excluding diaryl/α,β-unsaturated/α-hetero) is 1. The van der Waals surface area contributed by atoms with E-state index in [4.69, 9.17) is 16.3 Å². The number of hydrogen-bond donors (Lipinski definition) is 2. The minimum atomic E-state index is -1.64. The molecule has 0 aromatic heterocycles. The van der Waals surface area contributed by atoms with Crippen LogP contribution >= 0.6 is 11.6 Å². The molecule has 0 spiro atoms. The summed E-state index contributed by atoms with van der Waals surface area (Å²) in [5, 5.41) is 21.9. The van der Waals surface area contributed by atoms with Gasteiger partial charge in [-0.1, -0.05) is 51.5 Å². The second kappa shape index (κ2) is 9.09. The van der Waals surface area contributed by atoms with Crippen LogP contribution in [-0.4, -0.2) is 51.8 Å². The standard InChI is InChI=1S/C28H37ClO7/c1-5-23(33)36-15-22(32)27(20(14-30)24(34)35)16(2)12-19-18-10-9-17-8-6-7-11-25(17,3)28(18,29)21(31)13-26(19,27)4/h7-8,11,14,16,18-21,31H,5-6,9-10,12-13,15H2,1-4H3,(H,34,35)/t16-,18-,19-,20?,21-,25-,26-,27-,28-/m0/s1. The quantitative estimate of drug-likeness (QED) is 0.170. The number of aldehydes is 1. The van der Waals surface area contributed by atoms with Crippen molar-refractivity contribution in [3.05, 3.63) is 23.8 Å². The summed E-state index contributed by atoms with van der Waals surface area (Å²) < 4.78 is 5.18. The molecule has 9 atom stereocenters. The van der Waals surface area contributed by atoms with E-state index >= 15 is 0 Å². The Labute approximate surface area is 217 Å². The van der Waals surface area contributed by atoms with Crippen molar-refractivity contribution in [2.45, 2.75) is 77.2 Å². The third-order valence-corrected chi connectivity index (χ3v) is 11.3. The van der Waals surface area contributed by atoms with Crippen molar-refractivity contribution in [3.8, 4) is 0 Å². The Kier molecular flexibility index (Phi) is 6.83. The van der Waals surface area contributed by atoms with E-state index < -0.39 is 63.4 Å². The Balaban J connectivity index is 1.86. The number of allylic oxidation sites excluding steroid dienone is 4. The lowest BCUT2D eigenvalue weighted by Crippen LogP contribution is -2.68. The summed E-state index contributed by atoms with van der Waals surface area (Å²) in [7, 11) is 0. The smallest absolute Gasteiger partial charge is 0.314 e. The molecule has 8 heteroatoms. The molecule has 36 heavy (non-hydrogen) atoms. The Hall–Kier alpha value is -1.99. The molecule has 1 unspecified atom stereocenters. The lowest BCUT2D eigenvalue weighted by Gasteiger charge is -2.65. The van der Waals surface area contributed by atoms with Crippen LogP contribution in [0.5, 0.6) is 0 Å². The number of esters is 1. The lowest BCUT2D eigenvalue weighted by molar-refractivity contribution is -0.180. The van der Waals surface area contributed by atoms with Gasteiger partial charge in [0.1, 0.15) is 12.2 Å². The van der Waals surface area contributed by atoms with Crippen LogP contribution in [0.4, 0.5) is 0 Å². The van der Waals surface area contributed by atoms with Gasteiger partial charge in [-0.25, -0.2) is 0 Å². The molecule has 0 heterocycles. The van der Waals surface area contributed by atoms with Gasteiger partial charge in [0.25, 0.3) is 0 Å². The molecule has 198 valence electrons. The number of carboxylic acids is 1. The number of aliphatic hydroxyl groups is 1. The first-order chi connectivity index (χ1) is 16.9. The number of ketones is 1. The molecule has 3 fully saturated rings. The van der Waals surface area contributed by atoms with E-state index in [1.54, 1.807) is 13.8 Å². The molecule has 0 aromatic rings. The lowest BCUT2D eigenvalue weighted by atomic mass is 9.42. The molecule has 4 aliphatic rings. The molecule has 4 aliphatic carbocycles. The van der Waals surface area contributed by atoms with Crippen LogP contribution in [0.3, 0.4) is 0 Å². The Morgan fingerprint density at radius 1 is 1.28 bits per heavy atom. The second-order valence-corrected chi connectivity index (χ2v) is 12.2. The van der Waals surface area contributed by atoms with Gasteiger partial charge in [-0.3, -0.25) is 14.4 Å². The highest BCUT2D eigenvalue weighted by molar-refractivity contribution is 6.26. The number of carboxylic acid groups (broad SMARTS) is 1. The van der Waals surface area contributed by atoms with Crippen LogP contribution in [-0.2, 0) is 23.9 Å². The second-order valence-electron chi connectivity index (χ2n) is 11.6. The van der Waals surface area contributed by atoms with Crippen LogP contribution in [0, 0.1) is 39.9 Å². The number of aliphatic carboxylic acids is 1. The van der Waals surface area contributed by atoms with Crippen LogP contribution < -0.4 is 0 Å². The summed E-state index contributed by atoms with van der Waals surface area (Å²) in [5.74, 6) is -5.06. The fourth-order valence-electron chi connectivity index (χ4n) is 8.89. The summed E-state index contributed by atoms with van der Waals surface area (Å²) in [6.07, 6.45) is 8.61. The number of carbonyl (C=O) groups excluding carboxylic acids is 3. The maximum Gasteiger partial charge on any atom is 0.314 e. The van der Waals surface area contributed by atoms with Gasteiger partial charge in [-0.15, -0.1) is 11.6 Å². The average Bonchev–Trinajstić information content (AvgIpc) is 3.05. The highest BCUT2D eigenvalue weighted by Crippen LogP contribution is 2.75. The zero-order valence-electron chi connectivity index (χ0n) is 21.5. The normalized spacial score (nSPS) is 43.9. The van der Waals surface area contributed by atoms with Gasteiger partial charge in [0.15, 0.2) is 12.4 Å².